The Labute approximate surface area is 104 Å². The quantitative estimate of drug-likeness (QED) is 0.876. The molecule has 0 aliphatic heterocycles. The Kier molecular flexibility index (Phi) is 3.13. The number of carboxylic acid groups (broad SMARTS) is 1. The van der Waals surface area contributed by atoms with Gasteiger partial charge < -0.3 is 5.11 Å². The van der Waals surface area contributed by atoms with E-state index in [2.05, 4.69) is 0 Å². The molecule has 0 amide bonds. The van der Waals surface area contributed by atoms with Crippen LogP contribution in [0.5, 0.6) is 0 Å². The van der Waals surface area contributed by atoms with Crippen LogP contribution in [-0.2, 0) is 10.2 Å². The fraction of sp³-hybridized carbons (Fsp3) is 0.462. The van der Waals surface area contributed by atoms with Crippen molar-refractivity contribution >= 4 is 17.6 Å². The molecule has 17 heavy (non-hydrogen) atoms. The fourth-order valence-corrected chi connectivity index (χ4v) is 3.18. The molecule has 0 saturated heterocycles. The largest absolute Gasteiger partial charge is 0.481 e. The minimum atomic E-state index is -0.997. The number of carboxylic acids is 1. The smallest absolute Gasteiger partial charge is 0.314 e. The second kappa shape index (κ2) is 4.30. The Bertz CT molecular complexity index is 465. The zero-order valence-electron chi connectivity index (χ0n) is 9.59. The van der Waals surface area contributed by atoms with Crippen molar-refractivity contribution in [2.75, 3.05) is 0 Å². The van der Waals surface area contributed by atoms with E-state index in [9.17, 15) is 14.3 Å². The topological polar surface area (TPSA) is 37.3 Å². The van der Waals surface area contributed by atoms with Gasteiger partial charge in [0.1, 0.15) is 5.82 Å². The van der Waals surface area contributed by atoms with Gasteiger partial charge in [0, 0.05) is 0 Å². The molecule has 0 spiro atoms. The first-order valence-corrected chi connectivity index (χ1v) is 6.05. The molecule has 0 unspecified atom stereocenters. The first-order chi connectivity index (χ1) is 7.99. The average molecular weight is 257 g/mol. The van der Waals surface area contributed by atoms with Crippen molar-refractivity contribution in [1.82, 2.24) is 0 Å². The molecule has 0 heterocycles. The van der Waals surface area contributed by atoms with Crippen molar-refractivity contribution < 1.29 is 14.3 Å². The van der Waals surface area contributed by atoms with Crippen LogP contribution in [0.15, 0.2) is 12.1 Å². The summed E-state index contributed by atoms with van der Waals surface area (Å²) in [7, 11) is 0. The molecule has 2 nitrogen and oxygen atoms in total. The third kappa shape index (κ3) is 1.82. The first kappa shape index (κ1) is 12.4. The molecule has 1 aromatic carbocycles. The van der Waals surface area contributed by atoms with E-state index in [1.807, 2.05) is 0 Å². The second-order valence-corrected chi connectivity index (χ2v) is 5.03. The van der Waals surface area contributed by atoms with Gasteiger partial charge in [-0.2, -0.15) is 0 Å². The Hall–Kier alpha value is -1.09. The Balaban J connectivity index is 2.66. The summed E-state index contributed by atoms with van der Waals surface area (Å²) in [5.41, 5.74) is 0.216. The Morgan fingerprint density at radius 1 is 1.41 bits per heavy atom. The zero-order chi connectivity index (χ0) is 12.6. The van der Waals surface area contributed by atoms with Crippen molar-refractivity contribution in [2.24, 2.45) is 0 Å². The molecule has 1 fully saturated rings. The molecule has 1 saturated carbocycles. The predicted octanol–water partition coefficient (Wildman–Crippen LogP) is 3.68. The molecule has 2 rings (SSSR count). The van der Waals surface area contributed by atoms with Gasteiger partial charge in [-0.25, -0.2) is 4.39 Å². The SMILES string of the molecule is Cc1ccc(F)c(Cl)c1C1(C(=O)O)CCCC1. The highest BCUT2D eigenvalue weighted by atomic mass is 35.5. The Morgan fingerprint density at radius 3 is 2.53 bits per heavy atom. The van der Waals surface area contributed by atoms with E-state index in [1.165, 1.54) is 6.07 Å². The fourth-order valence-electron chi connectivity index (χ4n) is 2.78. The lowest BCUT2D eigenvalue weighted by Crippen LogP contribution is -2.34. The van der Waals surface area contributed by atoms with Crippen LogP contribution in [0.4, 0.5) is 4.39 Å². The van der Waals surface area contributed by atoms with Crippen LogP contribution < -0.4 is 0 Å². The number of hydrogen-bond donors (Lipinski definition) is 1. The van der Waals surface area contributed by atoms with Gasteiger partial charge in [-0.1, -0.05) is 30.5 Å². The van der Waals surface area contributed by atoms with E-state index >= 15 is 0 Å². The first-order valence-electron chi connectivity index (χ1n) is 5.67. The van der Waals surface area contributed by atoms with Crippen molar-refractivity contribution in [3.8, 4) is 0 Å². The van der Waals surface area contributed by atoms with Crippen molar-refractivity contribution in [2.45, 2.75) is 38.0 Å². The molecule has 0 aromatic heterocycles. The molecule has 4 heteroatoms. The van der Waals surface area contributed by atoms with Crippen LogP contribution in [0.25, 0.3) is 0 Å². The van der Waals surface area contributed by atoms with Crippen LogP contribution in [0.1, 0.15) is 36.8 Å². The molecular weight excluding hydrogens is 243 g/mol. The van der Waals surface area contributed by atoms with Crippen LogP contribution in [0.2, 0.25) is 5.02 Å². The highest BCUT2D eigenvalue weighted by Gasteiger charge is 2.45. The molecular formula is C13H14ClFO2. The summed E-state index contributed by atoms with van der Waals surface area (Å²) in [6, 6.07) is 2.88. The number of hydrogen-bond acceptors (Lipinski definition) is 1. The predicted molar refractivity (Wildman–Crippen MR) is 63.9 cm³/mol. The van der Waals surface area contributed by atoms with Crippen molar-refractivity contribution in [1.29, 1.82) is 0 Å². The van der Waals surface area contributed by atoms with Gasteiger partial charge in [-0.15, -0.1) is 0 Å². The molecule has 0 radical (unpaired) electrons. The lowest BCUT2D eigenvalue weighted by atomic mass is 9.77. The van der Waals surface area contributed by atoms with Gasteiger partial charge >= 0.3 is 5.97 Å². The summed E-state index contributed by atoms with van der Waals surface area (Å²) >= 11 is 5.97. The van der Waals surface area contributed by atoms with Crippen LogP contribution >= 0.6 is 11.6 Å². The van der Waals surface area contributed by atoms with Gasteiger partial charge in [-0.05, 0) is 37.0 Å². The average Bonchev–Trinajstić information content (AvgIpc) is 2.74. The van der Waals surface area contributed by atoms with E-state index in [0.29, 0.717) is 18.4 Å². The molecule has 1 aliphatic rings. The maximum Gasteiger partial charge on any atom is 0.314 e. The van der Waals surface area contributed by atoms with E-state index in [1.54, 1.807) is 13.0 Å². The van der Waals surface area contributed by atoms with Crippen LogP contribution in [-0.4, -0.2) is 11.1 Å². The third-order valence-corrected chi connectivity index (χ3v) is 4.02. The molecule has 92 valence electrons. The van der Waals surface area contributed by atoms with Gasteiger partial charge in [-0.3, -0.25) is 4.79 Å². The maximum absolute atomic E-state index is 13.5. The minimum Gasteiger partial charge on any atom is -0.481 e. The number of aliphatic carboxylic acids is 1. The van der Waals surface area contributed by atoms with Crippen LogP contribution in [0.3, 0.4) is 0 Å². The zero-order valence-corrected chi connectivity index (χ0v) is 10.4. The van der Waals surface area contributed by atoms with E-state index < -0.39 is 17.2 Å². The molecule has 1 aliphatic carbocycles. The summed E-state index contributed by atoms with van der Waals surface area (Å²) in [6.45, 7) is 1.78. The van der Waals surface area contributed by atoms with Crippen LogP contribution in [0, 0.1) is 12.7 Å². The third-order valence-electron chi connectivity index (χ3n) is 3.65. The second-order valence-electron chi connectivity index (χ2n) is 4.65. The number of rotatable bonds is 2. The van der Waals surface area contributed by atoms with Gasteiger partial charge in [0.2, 0.25) is 0 Å². The lowest BCUT2D eigenvalue weighted by Gasteiger charge is -2.27. The summed E-state index contributed by atoms with van der Waals surface area (Å²) in [5.74, 6) is -1.44. The summed E-state index contributed by atoms with van der Waals surface area (Å²) in [5, 5.41) is 9.44. The number of halogens is 2. The van der Waals surface area contributed by atoms with Crippen molar-refractivity contribution in [3.63, 3.8) is 0 Å². The summed E-state index contributed by atoms with van der Waals surface area (Å²) in [6.07, 6.45) is 2.76. The van der Waals surface area contributed by atoms with Gasteiger partial charge in [0.05, 0.1) is 10.4 Å². The highest BCUT2D eigenvalue weighted by molar-refractivity contribution is 6.32. The van der Waals surface area contributed by atoms with Gasteiger partial charge in [0.25, 0.3) is 0 Å². The summed E-state index contributed by atoms with van der Waals surface area (Å²) < 4.78 is 13.5. The normalized spacial score (nSPS) is 18.3. The standard InChI is InChI=1S/C13H14ClFO2/c1-8-4-5-9(15)11(14)10(8)13(12(16)17)6-2-3-7-13/h4-5H,2-3,6-7H2,1H3,(H,16,17). The monoisotopic (exact) mass is 256 g/mol. The molecule has 0 atom stereocenters. The van der Waals surface area contributed by atoms with E-state index in [-0.39, 0.29) is 5.02 Å². The molecule has 1 N–H and O–H groups in total. The van der Waals surface area contributed by atoms with Crippen molar-refractivity contribution in [3.05, 3.63) is 34.1 Å². The maximum atomic E-state index is 13.5. The van der Waals surface area contributed by atoms with E-state index in [4.69, 9.17) is 11.6 Å². The number of benzene rings is 1. The molecule has 0 bridgehead atoms. The van der Waals surface area contributed by atoms with E-state index in [0.717, 1.165) is 18.4 Å². The summed E-state index contributed by atoms with van der Waals surface area (Å²) in [4.78, 5) is 11.6. The van der Waals surface area contributed by atoms with Gasteiger partial charge in [0.15, 0.2) is 0 Å². The highest BCUT2D eigenvalue weighted by Crippen LogP contribution is 2.46. The lowest BCUT2D eigenvalue weighted by molar-refractivity contribution is -0.143. The Morgan fingerprint density at radius 2 is 2.00 bits per heavy atom. The number of aryl methyl sites for hydroxylation is 1. The molecule has 1 aromatic rings. The minimum absolute atomic E-state index is 0.0331. The number of carbonyl (C=O) groups is 1.